The van der Waals surface area contributed by atoms with Crippen molar-refractivity contribution < 1.29 is 0 Å². The van der Waals surface area contributed by atoms with Crippen LogP contribution in [0.25, 0.3) is 12.2 Å². The number of para-hydroxylation sites is 1. The summed E-state index contributed by atoms with van der Waals surface area (Å²) in [5.74, 6) is 0. The Morgan fingerprint density at radius 1 is 0.882 bits per heavy atom. The first-order valence-corrected chi connectivity index (χ1v) is 5.96. The molecule has 2 aromatic carbocycles. The quantitative estimate of drug-likeness (QED) is 0.762. The number of nitrogens with one attached hydrogen (secondary N) is 1. The molecule has 0 spiro atoms. The maximum absolute atomic E-state index is 3.36. The molecule has 0 heterocycles. The Kier molecular flexibility index (Phi) is 3.98. The fraction of sp³-hybridized carbons (Fsp3) is 0.125. The molecule has 0 fully saturated rings. The second kappa shape index (κ2) is 5.90. The Morgan fingerprint density at radius 3 is 2.35 bits per heavy atom. The Balaban J connectivity index is 2.21. The van der Waals surface area contributed by atoms with Crippen molar-refractivity contribution in [3.63, 3.8) is 0 Å². The van der Waals surface area contributed by atoms with Crippen LogP contribution in [-0.2, 0) is 0 Å². The molecular weight excluding hydrogens is 206 g/mol. The van der Waals surface area contributed by atoms with E-state index in [0.717, 1.165) is 6.54 Å². The van der Waals surface area contributed by atoms with Gasteiger partial charge in [0, 0.05) is 12.2 Å². The van der Waals surface area contributed by atoms with Crippen molar-refractivity contribution in [2.45, 2.75) is 6.92 Å². The average molecular weight is 223 g/mol. The number of hydrogen-bond donors (Lipinski definition) is 1. The van der Waals surface area contributed by atoms with Gasteiger partial charge >= 0.3 is 0 Å². The molecule has 2 aromatic rings. The standard InChI is InChI=1S/C16H17N/c1-2-17-16-11-7-6-10-15(16)13-12-14-8-4-3-5-9-14/h3-13,17H,2H2,1H3. The zero-order valence-electron chi connectivity index (χ0n) is 10.1. The van der Waals surface area contributed by atoms with Crippen molar-refractivity contribution in [3.8, 4) is 0 Å². The van der Waals surface area contributed by atoms with E-state index in [2.05, 4.69) is 72.9 Å². The molecule has 1 nitrogen and oxygen atoms in total. The molecule has 0 aliphatic rings. The molecule has 0 bridgehead atoms. The zero-order chi connectivity index (χ0) is 11.9. The lowest BCUT2D eigenvalue weighted by Gasteiger charge is -2.06. The highest BCUT2D eigenvalue weighted by Gasteiger charge is 1.95. The molecule has 1 heteroatoms. The van der Waals surface area contributed by atoms with E-state index in [0.29, 0.717) is 0 Å². The molecule has 86 valence electrons. The summed E-state index contributed by atoms with van der Waals surface area (Å²) < 4.78 is 0. The first kappa shape index (κ1) is 11.5. The molecule has 0 aromatic heterocycles. The average Bonchev–Trinajstić information content (AvgIpc) is 2.39. The molecule has 0 saturated heterocycles. The second-order valence-corrected chi connectivity index (χ2v) is 3.86. The predicted octanol–water partition coefficient (Wildman–Crippen LogP) is 4.29. The molecule has 0 atom stereocenters. The van der Waals surface area contributed by atoms with Crippen LogP contribution < -0.4 is 5.32 Å². The number of rotatable bonds is 4. The zero-order valence-corrected chi connectivity index (χ0v) is 10.1. The summed E-state index contributed by atoms with van der Waals surface area (Å²) in [5.41, 5.74) is 3.62. The minimum atomic E-state index is 0.941. The third-order valence-corrected chi connectivity index (χ3v) is 2.58. The van der Waals surface area contributed by atoms with Crippen LogP contribution in [-0.4, -0.2) is 6.54 Å². The lowest BCUT2D eigenvalue weighted by atomic mass is 10.1. The molecule has 0 unspecified atom stereocenters. The third-order valence-electron chi connectivity index (χ3n) is 2.58. The van der Waals surface area contributed by atoms with Gasteiger partial charge in [0.15, 0.2) is 0 Å². The molecule has 17 heavy (non-hydrogen) atoms. The Labute approximate surface area is 103 Å². The maximum Gasteiger partial charge on any atom is 0.0413 e. The molecule has 0 aliphatic carbocycles. The maximum atomic E-state index is 3.36. The minimum absolute atomic E-state index is 0.941. The van der Waals surface area contributed by atoms with Crippen LogP contribution in [0, 0.1) is 0 Å². The SMILES string of the molecule is CCNc1ccccc1C=Cc1ccccc1. The van der Waals surface area contributed by atoms with Gasteiger partial charge in [0.2, 0.25) is 0 Å². The van der Waals surface area contributed by atoms with E-state index < -0.39 is 0 Å². The molecule has 0 radical (unpaired) electrons. The van der Waals surface area contributed by atoms with Crippen molar-refractivity contribution >= 4 is 17.8 Å². The van der Waals surface area contributed by atoms with Crippen LogP contribution >= 0.6 is 0 Å². The summed E-state index contributed by atoms with van der Waals surface area (Å²) in [5, 5.41) is 3.36. The molecule has 0 saturated carbocycles. The number of benzene rings is 2. The van der Waals surface area contributed by atoms with Crippen LogP contribution in [0.5, 0.6) is 0 Å². The Hall–Kier alpha value is -2.02. The van der Waals surface area contributed by atoms with Crippen molar-refractivity contribution in [2.24, 2.45) is 0 Å². The fourth-order valence-corrected chi connectivity index (χ4v) is 1.74. The van der Waals surface area contributed by atoms with Crippen molar-refractivity contribution in [2.75, 3.05) is 11.9 Å². The van der Waals surface area contributed by atoms with Gasteiger partial charge in [-0.15, -0.1) is 0 Å². The van der Waals surface area contributed by atoms with Gasteiger partial charge in [-0.3, -0.25) is 0 Å². The Bertz CT molecular complexity index is 486. The van der Waals surface area contributed by atoms with Gasteiger partial charge in [-0.05, 0) is 24.1 Å². The summed E-state index contributed by atoms with van der Waals surface area (Å²) in [6, 6.07) is 18.7. The minimum Gasteiger partial charge on any atom is -0.385 e. The first-order valence-electron chi connectivity index (χ1n) is 5.96. The van der Waals surface area contributed by atoms with Gasteiger partial charge in [-0.25, -0.2) is 0 Å². The fourth-order valence-electron chi connectivity index (χ4n) is 1.74. The highest BCUT2D eigenvalue weighted by atomic mass is 14.9. The molecule has 1 N–H and O–H groups in total. The van der Waals surface area contributed by atoms with E-state index >= 15 is 0 Å². The summed E-state index contributed by atoms with van der Waals surface area (Å²) in [4.78, 5) is 0. The first-order chi connectivity index (χ1) is 8.40. The second-order valence-electron chi connectivity index (χ2n) is 3.86. The normalized spacial score (nSPS) is 10.6. The topological polar surface area (TPSA) is 12.0 Å². The molecular formula is C16H17N. The highest BCUT2D eigenvalue weighted by Crippen LogP contribution is 2.17. The summed E-state index contributed by atoms with van der Waals surface area (Å²) in [6.07, 6.45) is 4.28. The van der Waals surface area contributed by atoms with E-state index in [9.17, 15) is 0 Å². The van der Waals surface area contributed by atoms with Crippen molar-refractivity contribution in [1.29, 1.82) is 0 Å². The van der Waals surface area contributed by atoms with Crippen molar-refractivity contribution in [1.82, 2.24) is 0 Å². The Morgan fingerprint density at radius 2 is 1.59 bits per heavy atom. The van der Waals surface area contributed by atoms with Gasteiger partial charge in [-0.2, -0.15) is 0 Å². The number of anilines is 1. The van der Waals surface area contributed by atoms with Crippen LogP contribution in [0.3, 0.4) is 0 Å². The summed E-state index contributed by atoms with van der Waals surface area (Å²) in [7, 11) is 0. The van der Waals surface area contributed by atoms with Crippen molar-refractivity contribution in [3.05, 3.63) is 65.7 Å². The van der Waals surface area contributed by atoms with Gasteiger partial charge in [-0.1, -0.05) is 60.7 Å². The van der Waals surface area contributed by atoms with E-state index in [1.54, 1.807) is 0 Å². The molecule has 0 amide bonds. The largest absolute Gasteiger partial charge is 0.385 e. The van der Waals surface area contributed by atoms with Gasteiger partial charge in [0.1, 0.15) is 0 Å². The highest BCUT2D eigenvalue weighted by molar-refractivity contribution is 5.76. The van der Waals surface area contributed by atoms with Crippen LogP contribution in [0.2, 0.25) is 0 Å². The lowest BCUT2D eigenvalue weighted by Crippen LogP contribution is -1.97. The van der Waals surface area contributed by atoms with E-state index in [1.165, 1.54) is 16.8 Å². The third kappa shape index (κ3) is 3.22. The number of hydrogen-bond acceptors (Lipinski definition) is 1. The van der Waals surface area contributed by atoms with Crippen LogP contribution in [0.15, 0.2) is 54.6 Å². The van der Waals surface area contributed by atoms with E-state index in [-0.39, 0.29) is 0 Å². The molecule has 0 aliphatic heterocycles. The van der Waals surface area contributed by atoms with E-state index in [4.69, 9.17) is 0 Å². The summed E-state index contributed by atoms with van der Waals surface area (Å²) in [6.45, 7) is 3.05. The summed E-state index contributed by atoms with van der Waals surface area (Å²) >= 11 is 0. The lowest BCUT2D eigenvalue weighted by molar-refractivity contribution is 1.21. The van der Waals surface area contributed by atoms with Crippen LogP contribution in [0.4, 0.5) is 5.69 Å². The van der Waals surface area contributed by atoms with Crippen LogP contribution in [0.1, 0.15) is 18.1 Å². The van der Waals surface area contributed by atoms with E-state index in [1.807, 2.05) is 6.07 Å². The van der Waals surface area contributed by atoms with Gasteiger partial charge in [0.25, 0.3) is 0 Å². The van der Waals surface area contributed by atoms with Gasteiger partial charge in [0.05, 0.1) is 0 Å². The molecule has 2 rings (SSSR count). The monoisotopic (exact) mass is 223 g/mol. The smallest absolute Gasteiger partial charge is 0.0413 e. The van der Waals surface area contributed by atoms with Gasteiger partial charge < -0.3 is 5.32 Å². The predicted molar refractivity (Wildman–Crippen MR) is 76.0 cm³/mol.